The summed E-state index contributed by atoms with van der Waals surface area (Å²) in [7, 11) is 0. The minimum absolute atomic E-state index is 0.0237. The van der Waals surface area contributed by atoms with E-state index < -0.39 is 23.8 Å². The van der Waals surface area contributed by atoms with Crippen molar-refractivity contribution < 1.29 is 29.0 Å². The van der Waals surface area contributed by atoms with Gasteiger partial charge in [-0.15, -0.1) is 0 Å². The number of amides is 1. The average molecular weight is 243 g/mol. The Morgan fingerprint density at radius 1 is 1.71 bits per heavy atom. The van der Waals surface area contributed by atoms with Gasteiger partial charge in [-0.1, -0.05) is 12.7 Å². The molecule has 7 nitrogen and oxygen atoms in total. The summed E-state index contributed by atoms with van der Waals surface area (Å²) in [6.07, 6.45) is -0.288. The van der Waals surface area contributed by atoms with E-state index in [0.29, 0.717) is 0 Å². The van der Waals surface area contributed by atoms with Crippen molar-refractivity contribution in [2.45, 2.75) is 19.1 Å². The highest BCUT2D eigenvalue weighted by atomic mass is 16.6. The number of nitrogens with zero attached hydrogens (tertiary/aromatic N) is 1. The number of carbonyl (C=O) groups excluding carboxylic acids is 2. The summed E-state index contributed by atoms with van der Waals surface area (Å²) in [6.45, 7) is 4.35. The van der Waals surface area contributed by atoms with Gasteiger partial charge in [0.2, 0.25) is 0 Å². The zero-order valence-corrected chi connectivity index (χ0v) is 9.34. The van der Waals surface area contributed by atoms with Crippen molar-refractivity contribution in [2.24, 2.45) is 0 Å². The van der Waals surface area contributed by atoms with Crippen LogP contribution in [0.2, 0.25) is 0 Å². The molecule has 0 bridgehead atoms. The van der Waals surface area contributed by atoms with Gasteiger partial charge in [0.25, 0.3) is 0 Å². The molecule has 1 aliphatic rings. The first-order chi connectivity index (χ1) is 7.89. The molecular formula is C10H13NO6. The Hall–Kier alpha value is -2.05. The van der Waals surface area contributed by atoms with E-state index in [1.54, 1.807) is 0 Å². The van der Waals surface area contributed by atoms with Crippen LogP contribution in [-0.2, 0) is 19.1 Å². The standard InChI is InChI=1S/C10H13NO6/c1-3-4-16-7(12)5-10(2)11(9(14)15)6-8(13)17-10/h3H,1,4-6H2,2H3,(H,14,15). The minimum Gasteiger partial charge on any atom is -0.465 e. The monoisotopic (exact) mass is 243 g/mol. The van der Waals surface area contributed by atoms with Crippen LogP contribution in [0.3, 0.4) is 0 Å². The fraction of sp³-hybridized carbons (Fsp3) is 0.500. The van der Waals surface area contributed by atoms with Gasteiger partial charge in [0, 0.05) is 0 Å². The van der Waals surface area contributed by atoms with Crippen LogP contribution in [-0.4, -0.2) is 46.9 Å². The minimum atomic E-state index is -1.50. The third-order valence-corrected chi connectivity index (χ3v) is 2.26. The van der Waals surface area contributed by atoms with Crippen molar-refractivity contribution in [3.8, 4) is 0 Å². The summed E-state index contributed by atoms with van der Waals surface area (Å²) in [5, 5.41) is 8.88. The first-order valence-electron chi connectivity index (χ1n) is 4.88. The zero-order chi connectivity index (χ0) is 13.1. The summed E-state index contributed by atoms with van der Waals surface area (Å²) in [5.41, 5.74) is -1.50. The lowest BCUT2D eigenvalue weighted by Crippen LogP contribution is -2.47. The van der Waals surface area contributed by atoms with E-state index in [1.165, 1.54) is 13.0 Å². The van der Waals surface area contributed by atoms with Gasteiger partial charge < -0.3 is 14.6 Å². The molecule has 94 valence electrons. The molecule has 1 N–H and O–H groups in total. The Labute approximate surface area is 97.6 Å². The van der Waals surface area contributed by atoms with Crippen LogP contribution in [0.4, 0.5) is 4.79 Å². The van der Waals surface area contributed by atoms with Crippen LogP contribution in [0, 0.1) is 0 Å². The molecule has 0 aliphatic carbocycles. The molecule has 1 fully saturated rings. The number of hydrogen-bond donors (Lipinski definition) is 1. The number of rotatable bonds is 4. The lowest BCUT2D eigenvalue weighted by molar-refractivity contribution is -0.160. The second-order valence-corrected chi connectivity index (χ2v) is 3.67. The van der Waals surface area contributed by atoms with Gasteiger partial charge in [0.15, 0.2) is 5.72 Å². The van der Waals surface area contributed by atoms with Crippen molar-refractivity contribution >= 4 is 18.0 Å². The average Bonchev–Trinajstić information content (AvgIpc) is 2.50. The summed E-state index contributed by atoms with van der Waals surface area (Å²) in [6, 6.07) is 0. The van der Waals surface area contributed by atoms with Gasteiger partial charge in [0.1, 0.15) is 19.6 Å². The van der Waals surface area contributed by atoms with Gasteiger partial charge >= 0.3 is 18.0 Å². The number of carboxylic acid groups (broad SMARTS) is 1. The SMILES string of the molecule is C=CCOC(=O)CC1(C)OC(=O)CN1C(=O)O. The molecule has 0 aromatic carbocycles. The highest BCUT2D eigenvalue weighted by Crippen LogP contribution is 2.27. The third-order valence-electron chi connectivity index (χ3n) is 2.26. The lowest BCUT2D eigenvalue weighted by Gasteiger charge is -2.29. The first-order valence-corrected chi connectivity index (χ1v) is 4.88. The number of hydrogen-bond acceptors (Lipinski definition) is 5. The normalized spacial score (nSPS) is 23.1. The number of carbonyl (C=O) groups is 3. The summed E-state index contributed by atoms with van der Waals surface area (Å²) >= 11 is 0. The molecule has 1 unspecified atom stereocenters. The molecule has 0 aromatic rings. The van der Waals surface area contributed by atoms with Crippen LogP contribution in [0.5, 0.6) is 0 Å². The highest BCUT2D eigenvalue weighted by molar-refractivity contribution is 5.83. The molecule has 7 heteroatoms. The molecular weight excluding hydrogens is 230 g/mol. The van der Waals surface area contributed by atoms with E-state index in [2.05, 4.69) is 6.58 Å². The topological polar surface area (TPSA) is 93.1 Å². The second-order valence-electron chi connectivity index (χ2n) is 3.67. The van der Waals surface area contributed by atoms with Gasteiger partial charge in [-0.3, -0.25) is 14.5 Å². The molecule has 0 aromatic heterocycles. The maximum absolute atomic E-state index is 11.4. The van der Waals surface area contributed by atoms with E-state index in [4.69, 9.17) is 14.6 Å². The first kappa shape index (κ1) is 13.0. The lowest BCUT2D eigenvalue weighted by atomic mass is 10.1. The van der Waals surface area contributed by atoms with Gasteiger partial charge in [-0.25, -0.2) is 4.79 Å². The van der Waals surface area contributed by atoms with E-state index in [9.17, 15) is 14.4 Å². The molecule has 1 rings (SSSR count). The number of ether oxygens (including phenoxy) is 2. The molecule has 0 spiro atoms. The predicted molar refractivity (Wildman–Crippen MR) is 55.0 cm³/mol. The maximum atomic E-state index is 11.4. The van der Waals surface area contributed by atoms with E-state index >= 15 is 0 Å². The summed E-state index contributed by atoms with van der Waals surface area (Å²) < 4.78 is 9.57. The molecule has 1 amide bonds. The molecule has 1 heterocycles. The van der Waals surface area contributed by atoms with Gasteiger partial charge in [0.05, 0.1) is 0 Å². The Morgan fingerprint density at radius 3 is 2.88 bits per heavy atom. The highest BCUT2D eigenvalue weighted by Gasteiger charge is 2.48. The molecule has 1 atom stereocenters. The summed E-state index contributed by atoms with van der Waals surface area (Å²) in [5.74, 6) is -1.35. The third kappa shape index (κ3) is 2.96. The Morgan fingerprint density at radius 2 is 2.35 bits per heavy atom. The Balaban J connectivity index is 2.71. The fourth-order valence-electron chi connectivity index (χ4n) is 1.50. The van der Waals surface area contributed by atoms with Crippen LogP contribution >= 0.6 is 0 Å². The Kier molecular flexibility index (Phi) is 3.72. The zero-order valence-electron chi connectivity index (χ0n) is 9.34. The fourth-order valence-corrected chi connectivity index (χ4v) is 1.50. The Bertz CT molecular complexity index is 366. The van der Waals surface area contributed by atoms with Crippen molar-refractivity contribution in [1.82, 2.24) is 4.90 Å². The smallest absolute Gasteiger partial charge is 0.410 e. The van der Waals surface area contributed by atoms with Crippen molar-refractivity contribution in [3.05, 3.63) is 12.7 Å². The molecule has 0 radical (unpaired) electrons. The quantitative estimate of drug-likeness (QED) is 0.566. The van der Waals surface area contributed by atoms with Crippen molar-refractivity contribution in [1.29, 1.82) is 0 Å². The van der Waals surface area contributed by atoms with Crippen molar-refractivity contribution in [2.75, 3.05) is 13.2 Å². The van der Waals surface area contributed by atoms with Crippen LogP contribution in [0.25, 0.3) is 0 Å². The molecule has 0 saturated carbocycles. The molecule has 17 heavy (non-hydrogen) atoms. The van der Waals surface area contributed by atoms with Crippen molar-refractivity contribution in [3.63, 3.8) is 0 Å². The van der Waals surface area contributed by atoms with Gasteiger partial charge in [-0.2, -0.15) is 0 Å². The van der Waals surface area contributed by atoms with Crippen LogP contribution < -0.4 is 0 Å². The summed E-state index contributed by atoms with van der Waals surface area (Å²) in [4.78, 5) is 34.1. The predicted octanol–water partition coefficient (Wildman–Crippen LogP) is 0.359. The van der Waals surface area contributed by atoms with Crippen LogP contribution in [0.15, 0.2) is 12.7 Å². The molecule has 1 saturated heterocycles. The van der Waals surface area contributed by atoms with E-state index in [0.717, 1.165) is 4.90 Å². The largest absolute Gasteiger partial charge is 0.465 e. The number of cyclic esters (lactones) is 1. The second kappa shape index (κ2) is 4.86. The molecule has 1 aliphatic heterocycles. The van der Waals surface area contributed by atoms with Crippen LogP contribution in [0.1, 0.15) is 13.3 Å². The van der Waals surface area contributed by atoms with Gasteiger partial charge in [-0.05, 0) is 6.92 Å². The number of esters is 2. The van der Waals surface area contributed by atoms with E-state index in [-0.39, 0.29) is 19.6 Å². The maximum Gasteiger partial charge on any atom is 0.410 e. The van der Waals surface area contributed by atoms with E-state index in [1.807, 2.05) is 0 Å².